The van der Waals surface area contributed by atoms with Crippen LogP contribution in [0.4, 0.5) is 5.69 Å². The van der Waals surface area contributed by atoms with Gasteiger partial charge in [-0.05, 0) is 51.0 Å². The Morgan fingerprint density at radius 2 is 1.76 bits per heavy atom. The Kier molecular flexibility index (Phi) is 3.95. The van der Waals surface area contributed by atoms with Crippen LogP contribution in [0.1, 0.15) is 10.4 Å². The molecule has 21 heavy (non-hydrogen) atoms. The molecule has 3 rings (SSSR count). The number of anilines is 1. The monoisotopic (exact) mass is 359 g/mol. The third-order valence-electron chi connectivity index (χ3n) is 3.21. The second-order valence-corrected chi connectivity index (χ2v) is 5.90. The minimum atomic E-state index is -0.158. The predicted molar refractivity (Wildman–Crippen MR) is 91.1 cm³/mol. The number of amides is 1. The molecule has 0 aromatic heterocycles. The molecule has 0 fully saturated rings. The number of nitrogens with one attached hydrogen (secondary N) is 1. The van der Waals surface area contributed by atoms with Gasteiger partial charge in [-0.2, -0.15) is 0 Å². The summed E-state index contributed by atoms with van der Waals surface area (Å²) >= 11 is 9.38. The first-order valence-corrected chi connectivity index (χ1v) is 7.56. The van der Waals surface area contributed by atoms with Gasteiger partial charge in [0.15, 0.2) is 0 Å². The standard InChI is InChI=1S/C17H11BrClNO/c18-15-9-8-12(19)10-16(15)20-17(21)14-7-3-5-11-4-1-2-6-13(11)14/h1-10H,(H,20,21). The van der Waals surface area contributed by atoms with Crippen molar-refractivity contribution in [2.24, 2.45) is 0 Å². The number of rotatable bonds is 2. The van der Waals surface area contributed by atoms with Gasteiger partial charge in [0.25, 0.3) is 5.91 Å². The molecule has 4 heteroatoms. The fraction of sp³-hybridized carbons (Fsp3) is 0. The van der Waals surface area contributed by atoms with Gasteiger partial charge in [0, 0.05) is 15.1 Å². The molecule has 0 spiro atoms. The first kappa shape index (κ1) is 14.1. The van der Waals surface area contributed by atoms with Crippen LogP contribution in [0.5, 0.6) is 0 Å². The van der Waals surface area contributed by atoms with Crippen LogP contribution in [-0.2, 0) is 0 Å². The van der Waals surface area contributed by atoms with E-state index in [2.05, 4.69) is 21.2 Å². The van der Waals surface area contributed by atoms with E-state index >= 15 is 0 Å². The zero-order chi connectivity index (χ0) is 14.8. The van der Waals surface area contributed by atoms with Crippen molar-refractivity contribution in [3.63, 3.8) is 0 Å². The molecule has 1 N–H and O–H groups in total. The molecule has 0 aliphatic heterocycles. The highest BCUT2D eigenvalue weighted by Gasteiger charge is 2.11. The molecule has 0 unspecified atom stereocenters. The summed E-state index contributed by atoms with van der Waals surface area (Å²) in [6, 6.07) is 18.8. The number of benzene rings is 3. The summed E-state index contributed by atoms with van der Waals surface area (Å²) in [5, 5.41) is 5.43. The summed E-state index contributed by atoms with van der Waals surface area (Å²) in [6.45, 7) is 0. The van der Waals surface area contributed by atoms with E-state index in [1.54, 1.807) is 18.2 Å². The molecular formula is C17H11BrClNO. The van der Waals surface area contributed by atoms with Crippen LogP contribution in [0.25, 0.3) is 10.8 Å². The van der Waals surface area contributed by atoms with Crippen LogP contribution >= 0.6 is 27.5 Å². The maximum Gasteiger partial charge on any atom is 0.256 e. The van der Waals surface area contributed by atoms with Crippen molar-refractivity contribution in [2.45, 2.75) is 0 Å². The van der Waals surface area contributed by atoms with Crippen molar-refractivity contribution in [3.05, 3.63) is 75.7 Å². The van der Waals surface area contributed by atoms with E-state index in [1.807, 2.05) is 42.5 Å². The van der Waals surface area contributed by atoms with Crippen molar-refractivity contribution in [3.8, 4) is 0 Å². The first-order valence-electron chi connectivity index (χ1n) is 6.39. The molecule has 0 aliphatic carbocycles. The van der Waals surface area contributed by atoms with Gasteiger partial charge in [0.1, 0.15) is 0 Å². The Balaban J connectivity index is 1.99. The van der Waals surface area contributed by atoms with Crippen molar-refractivity contribution in [2.75, 3.05) is 5.32 Å². The van der Waals surface area contributed by atoms with Crippen molar-refractivity contribution >= 4 is 49.9 Å². The summed E-state index contributed by atoms with van der Waals surface area (Å²) in [5.74, 6) is -0.158. The molecule has 0 aliphatic rings. The molecule has 3 aromatic rings. The number of hydrogen-bond acceptors (Lipinski definition) is 1. The molecule has 1 amide bonds. The lowest BCUT2D eigenvalue weighted by molar-refractivity contribution is 0.102. The minimum absolute atomic E-state index is 0.158. The maximum absolute atomic E-state index is 12.5. The van der Waals surface area contributed by atoms with Gasteiger partial charge in [0.2, 0.25) is 0 Å². The highest BCUT2D eigenvalue weighted by molar-refractivity contribution is 9.10. The van der Waals surface area contributed by atoms with Crippen LogP contribution in [0, 0.1) is 0 Å². The molecule has 0 bridgehead atoms. The van der Waals surface area contributed by atoms with Gasteiger partial charge in [-0.25, -0.2) is 0 Å². The summed E-state index contributed by atoms with van der Waals surface area (Å²) in [4.78, 5) is 12.5. The summed E-state index contributed by atoms with van der Waals surface area (Å²) < 4.78 is 0.792. The lowest BCUT2D eigenvalue weighted by Crippen LogP contribution is -2.12. The highest BCUT2D eigenvalue weighted by Crippen LogP contribution is 2.27. The fourth-order valence-electron chi connectivity index (χ4n) is 2.21. The molecule has 0 radical (unpaired) electrons. The van der Waals surface area contributed by atoms with E-state index in [0.29, 0.717) is 16.3 Å². The Morgan fingerprint density at radius 1 is 1.00 bits per heavy atom. The van der Waals surface area contributed by atoms with Crippen LogP contribution in [0.15, 0.2) is 65.1 Å². The summed E-state index contributed by atoms with van der Waals surface area (Å²) in [7, 11) is 0. The zero-order valence-electron chi connectivity index (χ0n) is 10.9. The molecule has 0 saturated heterocycles. The van der Waals surface area contributed by atoms with E-state index in [0.717, 1.165) is 15.2 Å². The number of halogens is 2. The second kappa shape index (κ2) is 5.88. The average Bonchev–Trinajstić information content (AvgIpc) is 2.50. The fourth-order valence-corrected chi connectivity index (χ4v) is 2.72. The van der Waals surface area contributed by atoms with Crippen molar-refractivity contribution in [1.82, 2.24) is 0 Å². The number of carbonyl (C=O) groups excluding carboxylic acids is 1. The molecule has 0 heterocycles. The Labute approximate surface area is 135 Å². The minimum Gasteiger partial charge on any atom is -0.321 e. The topological polar surface area (TPSA) is 29.1 Å². The molecule has 0 saturated carbocycles. The van der Waals surface area contributed by atoms with Gasteiger partial charge < -0.3 is 5.32 Å². The largest absolute Gasteiger partial charge is 0.321 e. The Bertz CT molecular complexity index is 827. The zero-order valence-corrected chi connectivity index (χ0v) is 13.3. The smallest absolute Gasteiger partial charge is 0.256 e. The van der Waals surface area contributed by atoms with E-state index in [9.17, 15) is 4.79 Å². The normalized spacial score (nSPS) is 10.6. The first-order chi connectivity index (χ1) is 10.1. The van der Waals surface area contributed by atoms with E-state index in [4.69, 9.17) is 11.6 Å². The number of fused-ring (bicyclic) bond motifs is 1. The second-order valence-electron chi connectivity index (χ2n) is 4.61. The molecule has 2 nitrogen and oxygen atoms in total. The Hall–Kier alpha value is -1.84. The third kappa shape index (κ3) is 2.94. The lowest BCUT2D eigenvalue weighted by atomic mass is 10.0. The van der Waals surface area contributed by atoms with E-state index in [-0.39, 0.29) is 5.91 Å². The maximum atomic E-state index is 12.5. The molecule has 3 aromatic carbocycles. The number of carbonyl (C=O) groups is 1. The van der Waals surface area contributed by atoms with Gasteiger partial charge in [-0.1, -0.05) is 48.0 Å². The lowest BCUT2D eigenvalue weighted by Gasteiger charge is -2.10. The van der Waals surface area contributed by atoms with Gasteiger partial charge >= 0.3 is 0 Å². The van der Waals surface area contributed by atoms with Gasteiger partial charge in [0.05, 0.1) is 5.69 Å². The molecular weight excluding hydrogens is 350 g/mol. The summed E-state index contributed by atoms with van der Waals surface area (Å²) in [5.41, 5.74) is 1.29. The Morgan fingerprint density at radius 3 is 2.62 bits per heavy atom. The SMILES string of the molecule is O=C(Nc1cc(Cl)ccc1Br)c1cccc2ccccc12. The third-order valence-corrected chi connectivity index (χ3v) is 4.14. The van der Waals surface area contributed by atoms with Crippen LogP contribution < -0.4 is 5.32 Å². The van der Waals surface area contributed by atoms with Crippen molar-refractivity contribution < 1.29 is 4.79 Å². The highest BCUT2D eigenvalue weighted by atomic mass is 79.9. The quantitative estimate of drug-likeness (QED) is 0.641. The van der Waals surface area contributed by atoms with Crippen LogP contribution in [0.2, 0.25) is 5.02 Å². The van der Waals surface area contributed by atoms with E-state index in [1.165, 1.54) is 0 Å². The molecule has 0 atom stereocenters. The van der Waals surface area contributed by atoms with Gasteiger partial charge in [-0.3, -0.25) is 4.79 Å². The van der Waals surface area contributed by atoms with Crippen molar-refractivity contribution in [1.29, 1.82) is 0 Å². The van der Waals surface area contributed by atoms with Gasteiger partial charge in [-0.15, -0.1) is 0 Å². The van der Waals surface area contributed by atoms with Crippen LogP contribution in [0.3, 0.4) is 0 Å². The number of hydrogen-bond donors (Lipinski definition) is 1. The van der Waals surface area contributed by atoms with Crippen LogP contribution in [-0.4, -0.2) is 5.91 Å². The average molecular weight is 361 g/mol. The molecule has 104 valence electrons. The predicted octanol–water partition coefficient (Wildman–Crippen LogP) is 5.51. The van der Waals surface area contributed by atoms with E-state index < -0.39 is 0 Å². The summed E-state index contributed by atoms with van der Waals surface area (Å²) in [6.07, 6.45) is 0.